The number of hydrogen-bond donors (Lipinski definition) is 7. The Morgan fingerprint density at radius 3 is 2.45 bits per heavy atom. The van der Waals surface area contributed by atoms with E-state index in [0.717, 1.165) is 32.4 Å². The first kappa shape index (κ1) is 67.2. The highest BCUT2D eigenvalue weighted by atomic mass is 35.5. The fraction of sp³-hybridized carbons (Fsp3) is 0.579. The molecule has 2 saturated heterocycles. The number of hydrogen-bond acceptors (Lipinski definition) is 17. The second-order valence-corrected chi connectivity index (χ2v) is 24.4. The van der Waals surface area contributed by atoms with Gasteiger partial charge in [-0.1, -0.05) is 60.5 Å². The van der Waals surface area contributed by atoms with E-state index in [9.17, 15) is 48.4 Å². The molecule has 0 saturated carbocycles. The molecule has 27 heteroatoms. The highest BCUT2D eigenvalue weighted by Gasteiger charge is 2.64. The lowest BCUT2D eigenvalue weighted by Gasteiger charge is -2.42. The number of methoxy groups -OCH3 is 2. The smallest absolute Gasteiger partial charge is 0.409 e. The maximum atomic E-state index is 14.4. The van der Waals surface area contributed by atoms with Crippen LogP contribution in [-0.2, 0) is 76.5 Å². The largest absolute Gasteiger partial charge is 0.495 e. The van der Waals surface area contributed by atoms with Gasteiger partial charge in [0.2, 0.25) is 17.7 Å². The fourth-order valence-corrected chi connectivity index (χ4v) is 11.9. The first-order valence-corrected chi connectivity index (χ1v) is 30.0. The van der Waals surface area contributed by atoms with E-state index in [2.05, 4.69) is 27.4 Å². The summed E-state index contributed by atoms with van der Waals surface area (Å²) >= 11 is 6.82. The predicted octanol–water partition coefficient (Wildman–Crippen LogP) is 4.28. The normalized spacial score (nSPS) is 25.3. The number of carboxylic acid groups (broad SMARTS) is 1. The molecule has 3 aromatic rings. The molecule has 0 radical (unpaired) electrons. The van der Waals surface area contributed by atoms with Crippen molar-refractivity contribution in [2.75, 3.05) is 86.4 Å². The van der Waals surface area contributed by atoms with Crippen LogP contribution in [0.3, 0.4) is 0 Å². The summed E-state index contributed by atoms with van der Waals surface area (Å²) in [4.78, 5) is 92.0. The monoisotopic (exact) mass is 1220 g/mol. The van der Waals surface area contributed by atoms with Crippen molar-refractivity contribution in [1.82, 2.24) is 35.6 Å². The summed E-state index contributed by atoms with van der Waals surface area (Å²) in [5.74, 6) is -3.93. The minimum Gasteiger partial charge on any atom is -0.495 e. The molecule has 0 spiro atoms. The van der Waals surface area contributed by atoms with Gasteiger partial charge in [0.1, 0.15) is 46.8 Å². The Morgan fingerprint density at radius 2 is 1.76 bits per heavy atom. The summed E-state index contributed by atoms with van der Waals surface area (Å²) in [6.07, 6.45) is -0.810. The number of aliphatic carboxylic acids is 1. The van der Waals surface area contributed by atoms with Gasteiger partial charge in [0.25, 0.3) is 7.52 Å². The van der Waals surface area contributed by atoms with Gasteiger partial charge >= 0.3 is 18.0 Å². The molecule has 0 aliphatic carbocycles. The molecule has 4 amide bonds. The van der Waals surface area contributed by atoms with E-state index in [1.54, 1.807) is 38.1 Å². The van der Waals surface area contributed by atoms with Crippen molar-refractivity contribution in [3.8, 4) is 5.75 Å². The zero-order valence-electron chi connectivity index (χ0n) is 49.4. The van der Waals surface area contributed by atoms with Gasteiger partial charge in [-0.05, 0) is 82.9 Å². The number of carbonyl (C=O) groups is 6. The van der Waals surface area contributed by atoms with Crippen LogP contribution in [0, 0.1) is 5.92 Å². The number of allylic oxidation sites excluding steroid dienone is 3. The molecule has 2 aromatic carbocycles. The first-order chi connectivity index (χ1) is 39.7. The van der Waals surface area contributed by atoms with E-state index in [1.165, 1.54) is 40.1 Å². The lowest BCUT2D eigenvalue weighted by molar-refractivity contribution is -0.157. The van der Waals surface area contributed by atoms with Gasteiger partial charge in [-0.2, -0.15) is 0 Å². The van der Waals surface area contributed by atoms with Crippen LogP contribution in [0.4, 0.5) is 10.5 Å². The molecule has 10 atom stereocenters. The molecule has 464 valence electrons. The number of nitrogens with zero attached hydrogens (tertiary/aromatic N) is 4. The number of hydrazine groups is 1. The average molecular weight is 1220 g/mol. The predicted molar refractivity (Wildman–Crippen MR) is 311 cm³/mol. The number of alkyl carbamates (subject to hydrolysis) is 1. The Balaban J connectivity index is 1.02. The van der Waals surface area contributed by atoms with E-state index in [0.29, 0.717) is 30.9 Å². The van der Waals surface area contributed by atoms with Crippen LogP contribution in [0.15, 0.2) is 66.3 Å². The van der Waals surface area contributed by atoms with E-state index in [-0.39, 0.29) is 63.7 Å². The standard InChI is InChI=1S/C57H82ClN8O17P/c1-35-14-13-17-46(78-10)57(74)33-45(81-55(73)62-57)36(2)52-56(4,83-52)47(32-49(68)64(7)43-29-38(28-35)30-44(77-9)51(43)58)82-54(72)37(3)65(8)84(75,76)27-26-80-25-24-79-23-21-60-53(71)41(18-19-50(69)70)61-48(67)20-22-66-40(34-63(6)59-5)31-39-15-11-12-16-42(39)66/h11-17,29-31,36-37,41,45-47,52,59,74H,18-28,32-34H2,1-10H3,(H,60,71)(H,61,67)(H,62,73)(H,69,70)(H,75,76)/b17-13+,35-14+/t36-,37+,41+,45+,46-,47+,52+,56+,57+/m1/s1. The maximum absolute atomic E-state index is 14.4. The SMILES string of the molecule is CNN(C)Cc1cc2ccccc2n1CCC(=O)N[C@@H](CCC(=O)O)C(=O)NCCOCCOCCP(=O)(O)N(C)[C@@H](C)C(=O)O[C@H]1CC(=O)N(C)c2cc(cc(OC)c2Cl)C/C(C)=C/C=C/[C@@H](OC)[C@@]2(O)C[C@H](OC(=O)N2)[C@@H](C)[C@@H]2O[C@@]12C. The van der Waals surface area contributed by atoms with Crippen LogP contribution in [0.5, 0.6) is 5.75 Å². The Kier molecular flexibility index (Phi) is 23.9. The number of carbonyl (C=O) groups excluding carboxylic acids is 5. The van der Waals surface area contributed by atoms with Crippen molar-refractivity contribution in [3.63, 3.8) is 0 Å². The third-order valence-electron chi connectivity index (χ3n) is 15.6. The molecule has 4 bridgehead atoms. The van der Waals surface area contributed by atoms with E-state index in [1.807, 2.05) is 60.9 Å². The number of ether oxygens (including phenoxy) is 7. The number of aryl methyl sites for hydroxylation is 1. The Hall–Kier alpha value is -5.96. The van der Waals surface area contributed by atoms with Gasteiger partial charge in [0, 0.05) is 70.7 Å². The van der Waals surface area contributed by atoms with Crippen molar-refractivity contribution in [1.29, 1.82) is 0 Å². The lowest BCUT2D eigenvalue weighted by Crippen LogP contribution is -2.63. The topological polar surface area (TPSA) is 311 Å². The van der Waals surface area contributed by atoms with Crippen molar-refractivity contribution in [3.05, 3.63) is 82.5 Å². The number of fused-ring (bicyclic) bond motifs is 6. The number of anilines is 1. The minimum atomic E-state index is -4.28. The van der Waals surface area contributed by atoms with Crippen LogP contribution in [0.2, 0.25) is 5.02 Å². The third kappa shape index (κ3) is 17.4. The van der Waals surface area contributed by atoms with Gasteiger partial charge in [0.15, 0.2) is 5.72 Å². The second kappa shape index (κ2) is 29.9. The average Bonchev–Trinajstić information content (AvgIpc) is 1.69. The number of halogens is 1. The number of aliphatic hydroxyl groups is 1. The van der Waals surface area contributed by atoms with Crippen LogP contribution in [-0.4, -0.2) is 194 Å². The number of benzene rings is 2. The van der Waals surface area contributed by atoms with Crippen LogP contribution in [0.1, 0.15) is 71.1 Å². The summed E-state index contributed by atoms with van der Waals surface area (Å²) in [5.41, 5.74) is 3.66. The second-order valence-electron chi connectivity index (χ2n) is 21.6. The highest BCUT2D eigenvalue weighted by molar-refractivity contribution is 7.55. The number of esters is 1. The van der Waals surface area contributed by atoms with Crippen molar-refractivity contribution in [2.24, 2.45) is 5.92 Å². The maximum Gasteiger partial charge on any atom is 0.409 e. The first-order valence-electron chi connectivity index (χ1n) is 27.8. The van der Waals surface area contributed by atoms with E-state index < -0.39 is 110 Å². The van der Waals surface area contributed by atoms with Gasteiger partial charge in [0.05, 0.1) is 64.5 Å². The number of nitrogens with one attached hydrogen (secondary N) is 4. The molecule has 7 N–H and O–H groups in total. The third-order valence-corrected chi connectivity index (χ3v) is 18.1. The zero-order chi connectivity index (χ0) is 61.7. The number of carboxylic acids is 1. The Bertz CT molecular complexity index is 2950. The molecular formula is C57H82ClN8O17P. The molecule has 4 heterocycles. The molecule has 1 unspecified atom stereocenters. The highest BCUT2D eigenvalue weighted by Crippen LogP contribution is 2.50. The van der Waals surface area contributed by atoms with Gasteiger partial charge in [-0.3, -0.25) is 39.3 Å². The van der Waals surface area contributed by atoms with Crippen LogP contribution >= 0.6 is 19.1 Å². The van der Waals surface area contributed by atoms with Crippen molar-refractivity contribution >= 4 is 71.5 Å². The summed E-state index contributed by atoms with van der Waals surface area (Å²) in [6, 6.07) is 10.9. The Morgan fingerprint density at radius 1 is 1.05 bits per heavy atom. The van der Waals surface area contributed by atoms with Crippen molar-refractivity contribution < 1.29 is 81.6 Å². The molecule has 25 nitrogen and oxygen atoms in total. The molecule has 3 aliphatic heterocycles. The number of para-hydroxylation sites is 1. The molecular weight excluding hydrogens is 1140 g/mol. The Labute approximate surface area is 494 Å². The lowest BCUT2D eigenvalue weighted by atomic mass is 9.83. The van der Waals surface area contributed by atoms with Crippen LogP contribution in [0.25, 0.3) is 10.9 Å². The molecule has 6 rings (SSSR count). The number of aromatic nitrogens is 1. The van der Waals surface area contributed by atoms with Crippen LogP contribution < -0.4 is 31.0 Å². The number of rotatable bonds is 26. The minimum absolute atomic E-state index is 0.00262. The quantitative estimate of drug-likeness (QED) is 0.0194. The molecule has 2 fully saturated rings. The summed E-state index contributed by atoms with van der Waals surface area (Å²) < 4.78 is 57.3. The zero-order valence-corrected chi connectivity index (χ0v) is 51.0. The summed E-state index contributed by atoms with van der Waals surface area (Å²) in [7, 11) is 5.09. The number of likely N-dealkylation sites (N-methyl/N-ethyl adjacent to an activating group) is 1. The van der Waals surface area contributed by atoms with Crippen molar-refractivity contribution in [2.45, 2.75) is 127 Å². The molecule has 1 aromatic heterocycles. The van der Waals surface area contributed by atoms with Gasteiger partial charge in [-0.15, -0.1) is 0 Å². The summed E-state index contributed by atoms with van der Waals surface area (Å²) in [5, 5.41) is 32.2. The fourth-order valence-electron chi connectivity index (χ4n) is 10.3. The van der Waals surface area contributed by atoms with E-state index in [4.69, 9.17) is 44.8 Å². The molecule has 3 aliphatic rings. The molecule has 84 heavy (non-hydrogen) atoms. The van der Waals surface area contributed by atoms with E-state index >= 15 is 0 Å². The number of epoxide rings is 1. The number of amides is 4. The van der Waals surface area contributed by atoms with Gasteiger partial charge in [-0.25, -0.2) is 14.5 Å². The summed E-state index contributed by atoms with van der Waals surface area (Å²) in [6.45, 7) is 7.42. The van der Waals surface area contributed by atoms with Gasteiger partial charge < -0.3 is 68.4 Å².